The Morgan fingerprint density at radius 2 is 0.841 bits per heavy atom. The first-order valence-corrected chi connectivity index (χ1v) is 19.1. The van der Waals surface area contributed by atoms with Gasteiger partial charge in [0.05, 0.1) is 0 Å². The predicted molar refractivity (Wildman–Crippen MR) is 180 cm³/mol. The SMILES string of the molecule is CCc1cc(CC)cc([Si](c2cc(CC)cc(CC)c2)(c2cc(CC)cc(CC)c2)[C]2([Ti+3])C=CC=C2C(C)CC)c1.[Cl-].[Cl-].[Cl-]. The van der Waals surface area contributed by atoms with E-state index in [1.807, 2.05) is 0 Å². The number of hydrogen-bond acceptors (Lipinski definition) is 0. The molecule has 0 aliphatic heterocycles. The van der Waals surface area contributed by atoms with Gasteiger partial charge in [-0.25, -0.2) is 0 Å². The molecule has 0 fully saturated rings. The Hall–Kier alpha value is -1.06. The molecule has 0 spiro atoms. The molecule has 2 unspecified atom stereocenters. The van der Waals surface area contributed by atoms with E-state index < -0.39 is 8.07 Å². The van der Waals surface area contributed by atoms with Crippen molar-refractivity contribution in [2.24, 2.45) is 5.92 Å². The van der Waals surface area contributed by atoms with Crippen LogP contribution in [0.3, 0.4) is 0 Å². The van der Waals surface area contributed by atoms with Gasteiger partial charge in [0.2, 0.25) is 0 Å². The number of aryl methyl sites for hydroxylation is 6. The molecule has 0 bridgehead atoms. The molecule has 2 atom stereocenters. The van der Waals surface area contributed by atoms with E-state index in [2.05, 4.69) is 149 Å². The summed E-state index contributed by atoms with van der Waals surface area (Å²) in [4.78, 5) is 0. The van der Waals surface area contributed by atoms with Crippen molar-refractivity contribution in [1.82, 2.24) is 0 Å². The Balaban J connectivity index is 0.00000323. The molecular formula is C39H51Cl3SiTi. The quantitative estimate of drug-likeness (QED) is 0.174. The van der Waals surface area contributed by atoms with Gasteiger partial charge in [-0.05, 0) is 0 Å². The maximum Gasteiger partial charge on any atom is -1.00 e. The molecule has 0 aromatic heterocycles. The van der Waals surface area contributed by atoms with Crippen molar-refractivity contribution < 1.29 is 57.7 Å². The molecule has 3 aromatic rings. The Bertz CT molecular complexity index is 1240. The molecule has 0 radical (unpaired) electrons. The van der Waals surface area contributed by atoms with Gasteiger partial charge in [-0.3, -0.25) is 0 Å². The molecule has 0 N–H and O–H groups in total. The fraction of sp³-hybridized carbons (Fsp3) is 0.436. The number of benzene rings is 3. The van der Waals surface area contributed by atoms with Crippen LogP contribution in [-0.4, -0.2) is 8.07 Å². The Morgan fingerprint density at radius 1 is 0.545 bits per heavy atom. The van der Waals surface area contributed by atoms with E-state index >= 15 is 0 Å². The van der Waals surface area contributed by atoms with Gasteiger partial charge in [0.15, 0.2) is 0 Å². The maximum absolute atomic E-state index is 2.70. The molecule has 4 rings (SSSR count). The van der Waals surface area contributed by atoms with Crippen molar-refractivity contribution in [3.63, 3.8) is 0 Å². The summed E-state index contributed by atoms with van der Waals surface area (Å²) in [6.07, 6.45) is 15.0. The van der Waals surface area contributed by atoms with Gasteiger partial charge < -0.3 is 37.2 Å². The van der Waals surface area contributed by atoms with Gasteiger partial charge >= 0.3 is 265 Å². The molecule has 1 aliphatic rings. The fourth-order valence-electron chi connectivity index (χ4n) is 6.98. The zero-order valence-corrected chi connectivity index (χ0v) is 32.9. The summed E-state index contributed by atoms with van der Waals surface area (Å²) in [5.74, 6) is 0.530. The summed E-state index contributed by atoms with van der Waals surface area (Å²) in [5, 5.41) is 4.76. The van der Waals surface area contributed by atoms with Gasteiger partial charge in [-0.15, -0.1) is 0 Å². The van der Waals surface area contributed by atoms with Gasteiger partial charge in [0.1, 0.15) is 0 Å². The van der Waals surface area contributed by atoms with Crippen LogP contribution in [0.1, 0.15) is 95.2 Å². The first-order chi connectivity index (χ1) is 19.7. The van der Waals surface area contributed by atoms with Crippen molar-refractivity contribution in [3.05, 3.63) is 112 Å². The number of halogens is 3. The van der Waals surface area contributed by atoms with E-state index in [-0.39, 0.29) is 40.6 Å². The number of allylic oxidation sites excluding steroid dienone is 4. The number of hydrogen-bond donors (Lipinski definition) is 0. The van der Waals surface area contributed by atoms with Gasteiger partial charge in [0, 0.05) is 0 Å². The molecule has 44 heavy (non-hydrogen) atoms. The standard InChI is InChI=1S/C39H51Si.3ClH.Ti/c1-9-28(8)38-17-16-18-39(38)40(35-22-29(10-2)19-30(11-3)23-35,36-24-31(12-4)20-32(13-5)25-36)37-26-33(14-6)21-34(15-7)27-37;;;;/h16-28H,9-15H2,1-8H3;3*1H;/q;;;;+3/p-3. The van der Waals surface area contributed by atoms with Gasteiger partial charge in [-0.2, -0.15) is 0 Å². The first-order valence-electron chi connectivity index (χ1n) is 16.3. The van der Waals surface area contributed by atoms with Crippen LogP contribution < -0.4 is 52.8 Å². The summed E-state index contributed by atoms with van der Waals surface area (Å²) in [6.45, 7) is 18.8. The smallest absolute Gasteiger partial charge is 1.00 e. The van der Waals surface area contributed by atoms with Crippen LogP contribution in [0.25, 0.3) is 0 Å². The van der Waals surface area contributed by atoms with Crippen LogP contribution in [0.2, 0.25) is 3.34 Å². The zero-order valence-electron chi connectivity index (χ0n) is 28.1. The van der Waals surface area contributed by atoms with Crippen LogP contribution in [0.4, 0.5) is 0 Å². The molecule has 236 valence electrons. The van der Waals surface area contributed by atoms with E-state index in [9.17, 15) is 0 Å². The Kier molecular flexibility index (Phi) is 16.5. The largest absolute Gasteiger partial charge is 1.00 e. The zero-order chi connectivity index (χ0) is 29.8. The Morgan fingerprint density at radius 3 is 1.09 bits per heavy atom. The molecule has 0 heterocycles. The third kappa shape index (κ3) is 7.56. The van der Waals surface area contributed by atoms with Crippen molar-refractivity contribution >= 4 is 23.6 Å². The molecule has 5 heteroatoms. The molecule has 3 aromatic carbocycles. The van der Waals surface area contributed by atoms with Crippen molar-refractivity contribution in [3.8, 4) is 0 Å². The van der Waals surface area contributed by atoms with Gasteiger partial charge in [-0.1, -0.05) is 0 Å². The summed E-state index contributed by atoms with van der Waals surface area (Å²) < 4.78 is -0.0748. The monoisotopic (exact) mass is 700 g/mol. The van der Waals surface area contributed by atoms with E-state index in [1.54, 1.807) is 21.1 Å². The third-order valence-corrected chi connectivity index (χ3v) is 17.3. The topological polar surface area (TPSA) is 0 Å². The summed E-state index contributed by atoms with van der Waals surface area (Å²) >= 11 is 2.61. The molecule has 0 saturated heterocycles. The Labute approximate surface area is 300 Å². The average molecular weight is 702 g/mol. The van der Waals surface area contributed by atoms with Crippen molar-refractivity contribution in [2.75, 3.05) is 0 Å². The van der Waals surface area contributed by atoms with Crippen molar-refractivity contribution in [1.29, 1.82) is 0 Å². The van der Waals surface area contributed by atoms with Gasteiger partial charge in [0.25, 0.3) is 0 Å². The molecule has 0 nitrogen and oxygen atoms in total. The van der Waals surface area contributed by atoms with Crippen LogP contribution in [-0.2, 0) is 59.0 Å². The molecule has 0 amide bonds. The summed E-state index contributed by atoms with van der Waals surface area (Å²) in [5.41, 5.74) is 10.5. The molecule has 0 saturated carbocycles. The number of rotatable bonds is 12. The fourth-order valence-corrected chi connectivity index (χ4v) is 15.6. The average Bonchev–Trinajstić information content (AvgIpc) is 3.42. The predicted octanol–water partition coefficient (Wildman–Crippen LogP) is -0.670. The van der Waals surface area contributed by atoms with E-state index in [1.165, 1.54) is 33.4 Å². The van der Waals surface area contributed by atoms with Crippen LogP contribution >= 0.6 is 0 Å². The minimum Gasteiger partial charge on any atom is -1.00 e. The second-order valence-corrected chi connectivity index (χ2v) is 18.1. The maximum atomic E-state index is 2.62. The normalized spacial score (nSPS) is 16.5. The third-order valence-electron chi connectivity index (χ3n) is 9.72. The first kappa shape index (κ1) is 41.0. The van der Waals surface area contributed by atoms with E-state index in [0.717, 1.165) is 44.9 Å². The van der Waals surface area contributed by atoms with Crippen LogP contribution in [0, 0.1) is 5.92 Å². The summed E-state index contributed by atoms with van der Waals surface area (Å²) in [7, 11) is -2.70. The summed E-state index contributed by atoms with van der Waals surface area (Å²) in [6, 6.07) is 23.1. The van der Waals surface area contributed by atoms with Crippen LogP contribution in [0.15, 0.2) is 78.4 Å². The van der Waals surface area contributed by atoms with Crippen LogP contribution in [0.5, 0.6) is 0 Å². The second-order valence-electron chi connectivity index (χ2n) is 12.1. The second kappa shape index (κ2) is 17.7. The minimum absolute atomic E-state index is 0. The van der Waals surface area contributed by atoms with E-state index in [0.29, 0.717) is 5.92 Å². The minimum atomic E-state index is -2.70. The molecular weight excluding hydrogens is 651 g/mol. The molecule has 1 aliphatic carbocycles. The van der Waals surface area contributed by atoms with E-state index in [4.69, 9.17) is 0 Å². The van der Waals surface area contributed by atoms with Crippen molar-refractivity contribution in [2.45, 2.75) is 104 Å².